The summed E-state index contributed by atoms with van der Waals surface area (Å²) >= 11 is 0. The van der Waals surface area contributed by atoms with E-state index in [9.17, 15) is 19.7 Å². The monoisotopic (exact) mass is 520 g/mol. The minimum Gasteiger partial charge on any atom is -0.472 e. The molecule has 1 N–H and O–H groups in total. The third-order valence-electron chi connectivity index (χ3n) is 6.12. The maximum atomic E-state index is 12.2. The van der Waals surface area contributed by atoms with E-state index in [0.29, 0.717) is 42.2 Å². The summed E-state index contributed by atoms with van der Waals surface area (Å²) in [5.41, 5.74) is 3.69. The summed E-state index contributed by atoms with van der Waals surface area (Å²) in [4.78, 5) is 42.5. The van der Waals surface area contributed by atoms with Gasteiger partial charge in [-0.15, -0.1) is 0 Å². The summed E-state index contributed by atoms with van der Waals surface area (Å²) in [6.07, 6.45) is 2.87. The molecule has 1 atom stereocenters. The Balaban J connectivity index is 1.37. The average Bonchev–Trinajstić information content (AvgIpc) is 3.61. The number of benzene rings is 2. The van der Waals surface area contributed by atoms with Gasteiger partial charge in [0.15, 0.2) is 6.61 Å². The number of furan rings is 1. The van der Waals surface area contributed by atoms with Crippen LogP contribution in [0.4, 0.5) is 17.1 Å². The van der Waals surface area contributed by atoms with Gasteiger partial charge in [0.05, 0.1) is 29.6 Å². The minimum atomic E-state index is -0.534. The molecule has 1 aliphatic rings. The van der Waals surface area contributed by atoms with Gasteiger partial charge in [-0.3, -0.25) is 19.7 Å². The van der Waals surface area contributed by atoms with E-state index in [4.69, 9.17) is 14.0 Å². The second kappa shape index (κ2) is 12.0. The van der Waals surface area contributed by atoms with Gasteiger partial charge in [0.1, 0.15) is 11.8 Å². The molecule has 198 valence electrons. The third-order valence-corrected chi connectivity index (χ3v) is 6.12. The van der Waals surface area contributed by atoms with Crippen molar-refractivity contribution in [2.24, 2.45) is 5.16 Å². The molecule has 1 unspecified atom stereocenters. The standard InChI is InChI=1S/C27H28N4O7/c1-3-30(4-2)26(32)17-37-27(33)15-22-14-24(29-38-22)19-6-5-7-21(12-19)28-23-9-8-18(13-25(23)31(34)35)20-10-11-36-16-20/h5-13,16,22,28H,3-4,14-15,17H2,1-2H3. The van der Waals surface area contributed by atoms with E-state index in [-0.39, 0.29) is 24.6 Å². The fourth-order valence-electron chi connectivity index (χ4n) is 4.09. The topological polar surface area (TPSA) is 137 Å². The lowest BCUT2D eigenvalue weighted by Gasteiger charge is -2.18. The fourth-order valence-corrected chi connectivity index (χ4v) is 4.09. The zero-order valence-electron chi connectivity index (χ0n) is 21.1. The largest absolute Gasteiger partial charge is 0.472 e. The van der Waals surface area contributed by atoms with Crippen LogP contribution in [0.2, 0.25) is 0 Å². The van der Waals surface area contributed by atoms with Crippen LogP contribution in [0.15, 0.2) is 70.6 Å². The van der Waals surface area contributed by atoms with Crippen molar-refractivity contribution in [3.63, 3.8) is 0 Å². The highest BCUT2D eigenvalue weighted by Crippen LogP contribution is 2.33. The molecule has 4 rings (SSSR count). The molecule has 38 heavy (non-hydrogen) atoms. The molecule has 0 bridgehead atoms. The number of anilines is 2. The van der Waals surface area contributed by atoms with E-state index in [1.165, 1.54) is 18.6 Å². The molecule has 2 aromatic carbocycles. The Bertz CT molecular complexity index is 1330. The number of amides is 1. The minimum absolute atomic E-state index is 0.0360. The Morgan fingerprint density at radius 1 is 1.13 bits per heavy atom. The maximum absolute atomic E-state index is 12.2. The van der Waals surface area contributed by atoms with Gasteiger partial charge in [0.2, 0.25) is 0 Å². The van der Waals surface area contributed by atoms with Gasteiger partial charge in [-0.2, -0.15) is 0 Å². The first kappa shape index (κ1) is 26.4. The van der Waals surface area contributed by atoms with Crippen molar-refractivity contribution in [1.82, 2.24) is 4.90 Å². The number of carbonyl (C=O) groups is 2. The number of rotatable bonds is 11. The maximum Gasteiger partial charge on any atom is 0.310 e. The van der Waals surface area contributed by atoms with E-state index in [2.05, 4.69) is 10.5 Å². The number of nitro groups is 1. The summed E-state index contributed by atoms with van der Waals surface area (Å²) < 4.78 is 10.2. The van der Waals surface area contributed by atoms with Crippen LogP contribution in [0.1, 0.15) is 32.3 Å². The molecule has 1 aromatic heterocycles. The summed E-state index contributed by atoms with van der Waals surface area (Å²) in [6, 6.07) is 13.9. The highest BCUT2D eigenvalue weighted by Gasteiger charge is 2.26. The number of nitrogens with zero attached hydrogens (tertiary/aromatic N) is 3. The first-order valence-electron chi connectivity index (χ1n) is 12.2. The van der Waals surface area contributed by atoms with Crippen molar-refractivity contribution in [3.05, 3.63) is 76.7 Å². The zero-order chi connectivity index (χ0) is 27.1. The lowest BCUT2D eigenvalue weighted by Crippen LogP contribution is -2.34. The van der Waals surface area contributed by atoms with E-state index in [0.717, 1.165) is 11.1 Å². The average molecular weight is 521 g/mol. The number of nitrogens with one attached hydrogen (secondary N) is 1. The summed E-state index contributed by atoms with van der Waals surface area (Å²) in [7, 11) is 0. The van der Waals surface area contributed by atoms with Gasteiger partial charge in [0.25, 0.3) is 11.6 Å². The molecule has 11 heteroatoms. The Hall–Kier alpha value is -4.67. The smallest absolute Gasteiger partial charge is 0.310 e. The highest BCUT2D eigenvalue weighted by molar-refractivity contribution is 6.02. The van der Waals surface area contributed by atoms with Crippen LogP contribution in [0.3, 0.4) is 0 Å². The van der Waals surface area contributed by atoms with Gasteiger partial charge in [-0.05, 0) is 43.7 Å². The molecule has 0 fully saturated rings. The van der Waals surface area contributed by atoms with Gasteiger partial charge in [-0.25, -0.2) is 0 Å². The molecule has 3 aromatic rings. The van der Waals surface area contributed by atoms with Crippen LogP contribution in [-0.2, 0) is 19.2 Å². The Morgan fingerprint density at radius 3 is 2.66 bits per heavy atom. The number of ether oxygens (including phenoxy) is 1. The lowest BCUT2D eigenvalue weighted by atomic mass is 10.0. The van der Waals surface area contributed by atoms with Crippen molar-refractivity contribution < 1.29 is 28.5 Å². The van der Waals surface area contributed by atoms with Crippen LogP contribution in [0.25, 0.3) is 11.1 Å². The second-order valence-electron chi connectivity index (χ2n) is 8.61. The van der Waals surface area contributed by atoms with Crippen LogP contribution >= 0.6 is 0 Å². The molecule has 0 aliphatic carbocycles. The lowest BCUT2D eigenvalue weighted by molar-refractivity contribution is -0.383. The quantitative estimate of drug-likeness (QED) is 0.214. The van der Waals surface area contributed by atoms with E-state index in [1.807, 2.05) is 19.9 Å². The van der Waals surface area contributed by atoms with E-state index < -0.39 is 17.0 Å². The Labute approximate surface area is 219 Å². The molecule has 11 nitrogen and oxygen atoms in total. The van der Waals surface area contributed by atoms with E-state index >= 15 is 0 Å². The molecule has 0 saturated heterocycles. The van der Waals surface area contributed by atoms with Crippen LogP contribution in [0.5, 0.6) is 0 Å². The van der Waals surface area contributed by atoms with Gasteiger partial charge in [0, 0.05) is 42.4 Å². The molecule has 1 amide bonds. The van der Waals surface area contributed by atoms with Crippen molar-refractivity contribution in [1.29, 1.82) is 0 Å². The molecule has 0 spiro atoms. The normalized spacial score (nSPS) is 14.4. The number of esters is 1. The first-order valence-corrected chi connectivity index (χ1v) is 12.2. The summed E-state index contributed by atoms with van der Waals surface area (Å²) in [6.45, 7) is 4.52. The number of hydrogen-bond acceptors (Lipinski definition) is 9. The number of carbonyl (C=O) groups excluding carboxylic acids is 2. The van der Waals surface area contributed by atoms with Crippen LogP contribution < -0.4 is 5.32 Å². The van der Waals surface area contributed by atoms with Gasteiger partial charge >= 0.3 is 5.97 Å². The zero-order valence-corrected chi connectivity index (χ0v) is 21.1. The predicted molar refractivity (Wildman–Crippen MR) is 140 cm³/mol. The fraction of sp³-hybridized carbons (Fsp3) is 0.296. The summed E-state index contributed by atoms with van der Waals surface area (Å²) in [5.74, 6) is -0.776. The predicted octanol–water partition coefficient (Wildman–Crippen LogP) is 4.89. The van der Waals surface area contributed by atoms with Crippen molar-refractivity contribution >= 4 is 34.7 Å². The Kier molecular flexibility index (Phi) is 8.37. The number of nitro benzene ring substituents is 1. The molecule has 0 saturated carbocycles. The second-order valence-corrected chi connectivity index (χ2v) is 8.61. The molecule has 0 radical (unpaired) electrons. The molecular formula is C27H28N4O7. The van der Waals surface area contributed by atoms with Crippen molar-refractivity contribution in [2.75, 3.05) is 25.0 Å². The van der Waals surface area contributed by atoms with Gasteiger partial charge < -0.3 is 24.2 Å². The molecule has 2 heterocycles. The molecule has 1 aliphatic heterocycles. The van der Waals surface area contributed by atoms with Crippen molar-refractivity contribution in [2.45, 2.75) is 32.8 Å². The molecular weight excluding hydrogens is 492 g/mol. The van der Waals surface area contributed by atoms with E-state index in [1.54, 1.807) is 41.3 Å². The van der Waals surface area contributed by atoms with Crippen LogP contribution in [0, 0.1) is 10.1 Å². The Morgan fingerprint density at radius 2 is 1.95 bits per heavy atom. The first-order chi connectivity index (χ1) is 18.4. The third kappa shape index (κ3) is 6.36. The van der Waals surface area contributed by atoms with Crippen molar-refractivity contribution in [3.8, 4) is 11.1 Å². The van der Waals surface area contributed by atoms with Crippen LogP contribution in [-0.4, -0.2) is 53.2 Å². The SMILES string of the molecule is CCN(CC)C(=O)COC(=O)CC1CC(c2cccc(Nc3ccc(-c4ccoc4)cc3[N+](=O)[O-])c2)=NO1. The number of oxime groups is 1. The number of likely N-dealkylation sites (N-methyl/N-ethyl adjacent to an activating group) is 1. The van der Waals surface area contributed by atoms with Gasteiger partial charge in [-0.1, -0.05) is 23.4 Å². The number of hydrogen-bond donors (Lipinski definition) is 1. The summed E-state index contributed by atoms with van der Waals surface area (Å²) in [5, 5.41) is 19.0. The highest BCUT2D eigenvalue weighted by atomic mass is 16.6.